The van der Waals surface area contributed by atoms with Crippen LogP contribution in [0.2, 0.25) is 0 Å². The Morgan fingerprint density at radius 3 is 2.81 bits per heavy atom. The first-order chi connectivity index (χ1) is 15.5. The third-order valence-corrected chi connectivity index (χ3v) is 5.28. The number of alkyl halides is 1. The molecular weight excluding hydrogens is 436 g/mol. The predicted molar refractivity (Wildman–Crippen MR) is 115 cm³/mol. The van der Waals surface area contributed by atoms with Gasteiger partial charge in [0, 0.05) is 50.7 Å². The molecule has 4 aromatic heterocycles. The number of aromatic nitrogens is 9. The highest BCUT2D eigenvalue weighted by molar-refractivity contribution is 6.19. The Hall–Kier alpha value is -3.22. The van der Waals surface area contributed by atoms with E-state index in [0.29, 0.717) is 55.6 Å². The lowest BCUT2D eigenvalue weighted by Gasteiger charge is -2.32. The van der Waals surface area contributed by atoms with Crippen LogP contribution in [0.3, 0.4) is 0 Å². The average Bonchev–Trinajstić information content (AvgIpc) is 3.40. The van der Waals surface area contributed by atoms with Crippen molar-refractivity contribution in [1.29, 1.82) is 0 Å². The fourth-order valence-corrected chi connectivity index (χ4v) is 3.76. The summed E-state index contributed by atoms with van der Waals surface area (Å²) in [6, 6.07) is 0. The van der Waals surface area contributed by atoms with Crippen molar-refractivity contribution < 1.29 is 9.84 Å². The highest BCUT2D eigenvalue weighted by Gasteiger charge is 2.24. The van der Waals surface area contributed by atoms with Crippen molar-refractivity contribution in [3.63, 3.8) is 0 Å². The molecule has 0 amide bonds. The first-order valence-corrected chi connectivity index (χ1v) is 10.5. The van der Waals surface area contributed by atoms with Gasteiger partial charge in [-0.2, -0.15) is 5.10 Å². The number of ether oxygens (including phenoxy) is 1. The minimum absolute atomic E-state index is 0.148. The minimum Gasteiger partial charge on any atom is -0.377 e. The quantitative estimate of drug-likeness (QED) is 0.407. The molecule has 166 valence electrons. The van der Waals surface area contributed by atoms with Crippen LogP contribution in [0, 0.1) is 0 Å². The Bertz CT molecular complexity index is 1210. The fraction of sp³-hybridized carbons (Fsp3) is 0.421. The number of nitrogens with zero attached hydrogens (tertiary/aromatic N) is 10. The van der Waals surface area contributed by atoms with Crippen LogP contribution in [-0.4, -0.2) is 81.2 Å². The molecule has 5 rings (SSSR count). The Labute approximate surface area is 187 Å². The van der Waals surface area contributed by atoms with E-state index in [1.807, 2.05) is 13.2 Å². The second-order valence-corrected chi connectivity index (χ2v) is 8.05. The lowest BCUT2D eigenvalue weighted by molar-refractivity contribution is 0.0272. The molecular formula is C19H21ClN10O2. The number of fused-ring (bicyclic) bond motifs is 1. The molecule has 0 radical (unpaired) electrons. The van der Waals surface area contributed by atoms with Gasteiger partial charge >= 0.3 is 0 Å². The van der Waals surface area contributed by atoms with Gasteiger partial charge in [0.15, 0.2) is 5.65 Å². The number of aryl methyl sites for hydroxylation is 1. The molecule has 1 fully saturated rings. The number of aliphatic hydroxyl groups excluding tert-OH is 1. The molecule has 12 nitrogen and oxygen atoms in total. The van der Waals surface area contributed by atoms with Crippen molar-refractivity contribution in [3.05, 3.63) is 36.5 Å². The molecule has 1 saturated heterocycles. The van der Waals surface area contributed by atoms with Gasteiger partial charge in [0.2, 0.25) is 11.6 Å². The van der Waals surface area contributed by atoms with Crippen molar-refractivity contribution in [2.45, 2.75) is 24.6 Å². The van der Waals surface area contributed by atoms with Crippen molar-refractivity contribution in [1.82, 2.24) is 44.7 Å². The molecule has 0 aromatic carbocycles. The monoisotopic (exact) mass is 456 g/mol. The number of rotatable bonds is 6. The number of halogens is 1. The van der Waals surface area contributed by atoms with Gasteiger partial charge in [-0.3, -0.25) is 4.68 Å². The lowest BCUT2D eigenvalue weighted by Crippen LogP contribution is -2.45. The summed E-state index contributed by atoms with van der Waals surface area (Å²) < 4.78 is 9.38. The lowest BCUT2D eigenvalue weighted by atomic mass is 10.2. The molecule has 1 aliphatic rings. The van der Waals surface area contributed by atoms with Crippen LogP contribution in [0.25, 0.3) is 22.6 Å². The van der Waals surface area contributed by atoms with E-state index < -0.39 is 5.56 Å². The summed E-state index contributed by atoms with van der Waals surface area (Å²) in [5, 5.41) is 21.8. The van der Waals surface area contributed by atoms with Gasteiger partial charge < -0.3 is 14.7 Å². The smallest absolute Gasteiger partial charge is 0.225 e. The zero-order chi connectivity index (χ0) is 22.1. The van der Waals surface area contributed by atoms with E-state index in [0.717, 1.165) is 11.1 Å². The summed E-state index contributed by atoms with van der Waals surface area (Å²) in [6.07, 6.45) is 8.80. The second kappa shape index (κ2) is 8.73. The number of morpholine rings is 1. The van der Waals surface area contributed by atoms with Crippen LogP contribution in [0.5, 0.6) is 0 Å². The first kappa shape index (κ1) is 20.7. The van der Waals surface area contributed by atoms with Gasteiger partial charge in [0.25, 0.3) is 0 Å². The van der Waals surface area contributed by atoms with Crippen LogP contribution in [0.15, 0.2) is 31.0 Å². The van der Waals surface area contributed by atoms with Gasteiger partial charge in [-0.25, -0.2) is 24.6 Å². The molecule has 0 bridgehead atoms. The Kier molecular flexibility index (Phi) is 5.64. The fourth-order valence-electron chi connectivity index (χ4n) is 3.59. The maximum absolute atomic E-state index is 9.30. The maximum Gasteiger partial charge on any atom is 0.225 e. The third-order valence-electron chi connectivity index (χ3n) is 5.12. The summed E-state index contributed by atoms with van der Waals surface area (Å²) in [6.45, 7) is 2.27. The third kappa shape index (κ3) is 4.38. The van der Waals surface area contributed by atoms with E-state index in [-0.39, 0.29) is 6.10 Å². The van der Waals surface area contributed by atoms with Gasteiger partial charge in [0.1, 0.15) is 5.56 Å². The van der Waals surface area contributed by atoms with Gasteiger partial charge in [-0.1, -0.05) is 16.8 Å². The predicted octanol–water partition coefficient (Wildman–Crippen LogP) is 0.417. The zero-order valence-corrected chi connectivity index (χ0v) is 18.0. The Morgan fingerprint density at radius 2 is 2.06 bits per heavy atom. The van der Waals surface area contributed by atoms with E-state index >= 15 is 0 Å². The summed E-state index contributed by atoms with van der Waals surface area (Å²) in [7, 11) is 1.85. The maximum atomic E-state index is 9.30. The summed E-state index contributed by atoms with van der Waals surface area (Å²) in [4.78, 5) is 19.9. The van der Waals surface area contributed by atoms with E-state index in [1.165, 1.54) is 0 Å². The van der Waals surface area contributed by atoms with Crippen molar-refractivity contribution >= 4 is 28.8 Å². The molecule has 0 aliphatic carbocycles. The van der Waals surface area contributed by atoms with Crippen LogP contribution in [0.4, 0.5) is 5.95 Å². The molecule has 0 spiro atoms. The Morgan fingerprint density at radius 1 is 1.22 bits per heavy atom. The SMILES string of the molecule is Cn1cc(-c2cnc3nnn(C[C@@H]4CN(c5ncc(CC(O)Cl)cn5)CCO4)c3n2)cn1. The normalized spacial score (nSPS) is 17.7. The van der Waals surface area contributed by atoms with Gasteiger partial charge in [-0.15, -0.1) is 5.10 Å². The molecule has 1 unspecified atom stereocenters. The van der Waals surface area contributed by atoms with Crippen molar-refractivity contribution in [3.8, 4) is 11.3 Å². The number of anilines is 1. The summed E-state index contributed by atoms with van der Waals surface area (Å²) >= 11 is 5.62. The van der Waals surface area contributed by atoms with Crippen molar-refractivity contribution in [2.24, 2.45) is 7.05 Å². The van der Waals surface area contributed by atoms with Crippen molar-refractivity contribution in [2.75, 3.05) is 24.6 Å². The molecule has 0 saturated carbocycles. The standard InChI is InChI=1S/C19H21ClN10O2/c1-28-9-13(7-24-28)15-8-21-17-18(25-15)30(27-26-17)11-14-10-29(2-3-32-14)19-22-5-12(6-23-19)4-16(20)31/h5-9,14,16,31H,2-4,10-11H2,1H3/t14-,16?/m0/s1. The second-order valence-electron chi connectivity index (χ2n) is 7.55. The largest absolute Gasteiger partial charge is 0.377 e. The molecule has 5 heterocycles. The van der Waals surface area contributed by atoms with Crippen LogP contribution >= 0.6 is 11.6 Å². The summed E-state index contributed by atoms with van der Waals surface area (Å²) in [5.41, 5.74) is 2.47. The highest BCUT2D eigenvalue weighted by atomic mass is 35.5. The zero-order valence-electron chi connectivity index (χ0n) is 17.3. The number of hydrogen-bond acceptors (Lipinski definition) is 10. The van der Waals surface area contributed by atoms with E-state index in [1.54, 1.807) is 34.2 Å². The molecule has 4 aromatic rings. The number of aliphatic hydroxyl groups is 1. The summed E-state index contributed by atoms with van der Waals surface area (Å²) in [5.74, 6) is 0.605. The molecule has 1 N–H and O–H groups in total. The van der Waals surface area contributed by atoms with E-state index in [9.17, 15) is 5.11 Å². The number of hydrogen-bond donors (Lipinski definition) is 1. The minimum atomic E-state index is -0.948. The van der Waals surface area contributed by atoms with E-state index in [4.69, 9.17) is 21.3 Å². The van der Waals surface area contributed by atoms with Gasteiger partial charge in [-0.05, 0) is 5.56 Å². The van der Waals surface area contributed by atoms with Crippen LogP contribution in [0.1, 0.15) is 5.56 Å². The van der Waals surface area contributed by atoms with Gasteiger partial charge in [0.05, 0.1) is 37.3 Å². The molecule has 2 atom stereocenters. The first-order valence-electron chi connectivity index (χ1n) is 10.1. The van der Waals surface area contributed by atoms with Crippen LogP contribution < -0.4 is 4.90 Å². The van der Waals surface area contributed by atoms with Crippen LogP contribution in [-0.2, 0) is 24.8 Å². The topological polar surface area (TPSA) is 133 Å². The molecule has 1 aliphatic heterocycles. The average molecular weight is 457 g/mol. The highest BCUT2D eigenvalue weighted by Crippen LogP contribution is 2.19. The molecule has 32 heavy (non-hydrogen) atoms. The molecule has 13 heteroatoms. The van der Waals surface area contributed by atoms with E-state index in [2.05, 4.69) is 35.3 Å². The Balaban J connectivity index is 1.31.